The standard InChI is InChI=1S/C17H20N2O2/c1-4-21-17-11-16(9-10-18-17)15-7-5-14(6-8-15)12(2)19-13(3)20/h5-12H,4H2,1-3H3,(H,19,20). The van der Waals surface area contributed by atoms with Gasteiger partial charge in [-0.3, -0.25) is 4.79 Å². The van der Waals surface area contributed by atoms with Gasteiger partial charge in [0.2, 0.25) is 11.8 Å². The van der Waals surface area contributed by atoms with Gasteiger partial charge in [-0.2, -0.15) is 0 Å². The second-order valence-corrected chi connectivity index (χ2v) is 4.86. The van der Waals surface area contributed by atoms with Crippen LogP contribution in [-0.4, -0.2) is 17.5 Å². The molecule has 0 saturated heterocycles. The number of ether oxygens (including phenoxy) is 1. The summed E-state index contributed by atoms with van der Waals surface area (Å²) in [6.07, 6.45) is 1.74. The van der Waals surface area contributed by atoms with E-state index in [1.807, 2.05) is 50.2 Å². The first kappa shape index (κ1) is 15.0. The average molecular weight is 284 g/mol. The van der Waals surface area contributed by atoms with Crippen LogP contribution in [0.25, 0.3) is 11.1 Å². The van der Waals surface area contributed by atoms with Gasteiger partial charge >= 0.3 is 0 Å². The third kappa shape index (κ3) is 4.05. The van der Waals surface area contributed by atoms with Gasteiger partial charge in [0.15, 0.2) is 0 Å². The SMILES string of the molecule is CCOc1cc(-c2ccc(C(C)NC(C)=O)cc2)ccn1. The Morgan fingerprint density at radius 2 is 1.95 bits per heavy atom. The molecule has 2 rings (SSSR count). The van der Waals surface area contributed by atoms with E-state index in [1.54, 1.807) is 6.20 Å². The van der Waals surface area contributed by atoms with Crippen LogP contribution in [0.4, 0.5) is 0 Å². The van der Waals surface area contributed by atoms with Crippen molar-refractivity contribution in [2.45, 2.75) is 26.8 Å². The van der Waals surface area contributed by atoms with Crippen molar-refractivity contribution in [3.8, 4) is 17.0 Å². The number of rotatable bonds is 5. The quantitative estimate of drug-likeness (QED) is 0.916. The van der Waals surface area contributed by atoms with Gasteiger partial charge < -0.3 is 10.1 Å². The molecule has 4 heteroatoms. The molecular weight excluding hydrogens is 264 g/mol. The van der Waals surface area contributed by atoms with Crippen LogP contribution < -0.4 is 10.1 Å². The summed E-state index contributed by atoms with van der Waals surface area (Å²) >= 11 is 0. The molecule has 0 aliphatic heterocycles. The van der Waals surface area contributed by atoms with Crippen LogP contribution in [0.2, 0.25) is 0 Å². The maximum absolute atomic E-state index is 11.1. The highest BCUT2D eigenvalue weighted by Gasteiger charge is 2.07. The van der Waals surface area contributed by atoms with Gasteiger partial charge in [0, 0.05) is 19.2 Å². The molecule has 0 spiro atoms. The van der Waals surface area contributed by atoms with Gasteiger partial charge in [0.1, 0.15) is 0 Å². The van der Waals surface area contributed by atoms with Gasteiger partial charge in [-0.05, 0) is 36.6 Å². The fraction of sp³-hybridized carbons (Fsp3) is 0.294. The molecule has 0 bridgehead atoms. The lowest BCUT2D eigenvalue weighted by Crippen LogP contribution is -2.23. The van der Waals surface area contributed by atoms with E-state index in [1.165, 1.54) is 6.92 Å². The molecule has 0 saturated carbocycles. The van der Waals surface area contributed by atoms with Gasteiger partial charge in [0.25, 0.3) is 0 Å². The van der Waals surface area contributed by atoms with Crippen molar-refractivity contribution < 1.29 is 9.53 Å². The lowest BCUT2D eigenvalue weighted by Gasteiger charge is -2.13. The maximum Gasteiger partial charge on any atom is 0.217 e. The molecule has 0 radical (unpaired) electrons. The molecule has 1 aromatic heterocycles. The highest BCUT2D eigenvalue weighted by molar-refractivity contribution is 5.73. The van der Waals surface area contributed by atoms with E-state index in [0.717, 1.165) is 16.7 Å². The Morgan fingerprint density at radius 1 is 1.24 bits per heavy atom. The van der Waals surface area contributed by atoms with E-state index in [0.29, 0.717) is 12.5 Å². The summed E-state index contributed by atoms with van der Waals surface area (Å²) in [6, 6.07) is 12.0. The number of hydrogen-bond acceptors (Lipinski definition) is 3. The second kappa shape index (κ2) is 6.88. The zero-order valence-corrected chi connectivity index (χ0v) is 12.6. The molecule has 2 aromatic rings. The fourth-order valence-electron chi connectivity index (χ4n) is 2.17. The third-order valence-electron chi connectivity index (χ3n) is 3.19. The minimum Gasteiger partial charge on any atom is -0.478 e. The highest BCUT2D eigenvalue weighted by atomic mass is 16.5. The van der Waals surface area contributed by atoms with Gasteiger partial charge in [-0.25, -0.2) is 4.98 Å². The molecule has 1 atom stereocenters. The number of nitrogens with zero attached hydrogens (tertiary/aromatic N) is 1. The fourth-order valence-corrected chi connectivity index (χ4v) is 2.17. The van der Waals surface area contributed by atoms with Gasteiger partial charge in [-0.1, -0.05) is 24.3 Å². The number of amides is 1. The van der Waals surface area contributed by atoms with Crippen LogP contribution in [0.1, 0.15) is 32.4 Å². The minimum absolute atomic E-state index is 0.00738. The molecule has 0 aliphatic carbocycles. The highest BCUT2D eigenvalue weighted by Crippen LogP contribution is 2.24. The summed E-state index contributed by atoms with van der Waals surface area (Å²) < 4.78 is 5.42. The number of carbonyl (C=O) groups excluding carboxylic acids is 1. The van der Waals surface area contributed by atoms with E-state index in [9.17, 15) is 4.79 Å². The number of hydrogen-bond donors (Lipinski definition) is 1. The zero-order valence-electron chi connectivity index (χ0n) is 12.6. The zero-order chi connectivity index (χ0) is 15.2. The van der Waals surface area contributed by atoms with Crippen LogP contribution in [0, 0.1) is 0 Å². The average Bonchev–Trinajstić information content (AvgIpc) is 2.47. The van der Waals surface area contributed by atoms with E-state index >= 15 is 0 Å². The normalized spacial score (nSPS) is 11.8. The summed E-state index contributed by atoms with van der Waals surface area (Å²) in [5.41, 5.74) is 3.23. The molecule has 1 unspecified atom stereocenters. The monoisotopic (exact) mass is 284 g/mol. The van der Waals surface area contributed by atoms with E-state index in [4.69, 9.17) is 4.74 Å². The van der Waals surface area contributed by atoms with Crippen molar-refractivity contribution in [2.24, 2.45) is 0 Å². The second-order valence-electron chi connectivity index (χ2n) is 4.86. The molecule has 1 amide bonds. The van der Waals surface area contributed by atoms with E-state index < -0.39 is 0 Å². The molecule has 21 heavy (non-hydrogen) atoms. The lowest BCUT2D eigenvalue weighted by atomic mass is 10.0. The molecule has 1 aromatic carbocycles. The molecule has 1 heterocycles. The molecule has 110 valence electrons. The van der Waals surface area contributed by atoms with Crippen LogP contribution in [0.5, 0.6) is 5.88 Å². The van der Waals surface area contributed by atoms with Crippen molar-refractivity contribution >= 4 is 5.91 Å². The number of aromatic nitrogens is 1. The molecule has 1 N–H and O–H groups in total. The Morgan fingerprint density at radius 3 is 2.57 bits per heavy atom. The van der Waals surface area contributed by atoms with Crippen molar-refractivity contribution in [2.75, 3.05) is 6.61 Å². The molecule has 0 aliphatic rings. The Labute approximate surface area is 125 Å². The molecule has 4 nitrogen and oxygen atoms in total. The first-order chi connectivity index (χ1) is 10.1. The smallest absolute Gasteiger partial charge is 0.217 e. The minimum atomic E-state index is -0.0259. The Kier molecular flexibility index (Phi) is 4.93. The summed E-state index contributed by atoms with van der Waals surface area (Å²) in [7, 11) is 0. The summed E-state index contributed by atoms with van der Waals surface area (Å²) in [5, 5.41) is 2.88. The lowest BCUT2D eigenvalue weighted by molar-refractivity contribution is -0.119. The van der Waals surface area contributed by atoms with Crippen molar-refractivity contribution in [3.63, 3.8) is 0 Å². The van der Waals surface area contributed by atoms with E-state index in [-0.39, 0.29) is 11.9 Å². The topological polar surface area (TPSA) is 51.2 Å². The maximum atomic E-state index is 11.1. The Bertz CT molecular complexity index is 608. The Balaban J connectivity index is 2.18. The van der Waals surface area contributed by atoms with Crippen LogP contribution in [-0.2, 0) is 4.79 Å². The summed E-state index contributed by atoms with van der Waals surface area (Å²) in [4.78, 5) is 15.2. The van der Waals surface area contributed by atoms with Crippen molar-refractivity contribution in [1.82, 2.24) is 10.3 Å². The largest absolute Gasteiger partial charge is 0.478 e. The predicted molar refractivity (Wildman–Crippen MR) is 83.1 cm³/mol. The van der Waals surface area contributed by atoms with E-state index in [2.05, 4.69) is 10.3 Å². The summed E-state index contributed by atoms with van der Waals surface area (Å²) in [5.74, 6) is 0.604. The van der Waals surface area contributed by atoms with Crippen molar-refractivity contribution in [1.29, 1.82) is 0 Å². The van der Waals surface area contributed by atoms with Crippen LogP contribution in [0.15, 0.2) is 42.6 Å². The molecular formula is C17H20N2O2. The first-order valence-electron chi connectivity index (χ1n) is 7.06. The number of carbonyl (C=O) groups is 1. The summed E-state index contributed by atoms with van der Waals surface area (Å²) in [6.45, 7) is 6.03. The van der Waals surface area contributed by atoms with Gasteiger partial charge in [0.05, 0.1) is 12.6 Å². The van der Waals surface area contributed by atoms with Crippen LogP contribution >= 0.6 is 0 Å². The van der Waals surface area contributed by atoms with Crippen LogP contribution in [0.3, 0.4) is 0 Å². The Hall–Kier alpha value is -2.36. The number of benzene rings is 1. The molecule has 0 fully saturated rings. The number of nitrogens with one attached hydrogen (secondary N) is 1. The third-order valence-corrected chi connectivity index (χ3v) is 3.19. The number of pyridine rings is 1. The van der Waals surface area contributed by atoms with Crippen molar-refractivity contribution in [3.05, 3.63) is 48.2 Å². The van der Waals surface area contributed by atoms with Gasteiger partial charge in [-0.15, -0.1) is 0 Å². The predicted octanol–water partition coefficient (Wildman–Crippen LogP) is 3.34. The first-order valence-corrected chi connectivity index (χ1v) is 7.06.